The van der Waals surface area contributed by atoms with Gasteiger partial charge in [0.1, 0.15) is 5.69 Å². The van der Waals surface area contributed by atoms with Crippen molar-refractivity contribution in [2.75, 3.05) is 16.8 Å². The lowest BCUT2D eigenvalue weighted by Crippen LogP contribution is -2.47. The molecule has 8 nitrogen and oxygen atoms in total. The Bertz CT molecular complexity index is 989. The Balaban J connectivity index is 1.54. The minimum absolute atomic E-state index is 0.0433. The molecule has 0 aliphatic carbocycles. The third-order valence-electron chi connectivity index (χ3n) is 5.54. The summed E-state index contributed by atoms with van der Waals surface area (Å²) < 4.78 is 27.6. The van der Waals surface area contributed by atoms with Gasteiger partial charge in [-0.15, -0.1) is 0 Å². The van der Waals surface area contributed by atoms with Crippen LogP contribution in [0.1, 0.15) is 45.0 Å². The number of alkyl halides is 2. The van der Waals surface area contributed by atoms with Gasteiger partial charge in [0.25, 0.3) is 6.43 Å². The first-order chi connectivity index (χ1) is 14.1. The van der Waals surface area contributed by atoms with E-state index >= 15 is 0 Å². The summed E-state index contributed by atoms with van der Waals surface area (Å²) in [6, 6.07) is 2.07. The third-order valence-corrected chi connectivity index (χ3v) is 5.54. The third kappa shape index (κ3) is 3.73. The quantitative estimate of drug-likeness (QED) is 0.828. The molecule has 3 amide bonds. The van der Waals surface area contributed by atoms with Gasteiger partial charge >= 0.3 is 6.03 Å². The van der Waals surface area contributed by atoms with E-state index in [1.807, 2.05) is 25.5 Å². The second-order valence-corrected chi connectivity index (χ2v) is 8.66. The molecular formula is C20H24F2N6O2. The number of anilines is 2. The molecule has 1 atom stereocenters. The van der Waals surface area contributed by atoms with Gasteiger partial charge in [-0.3, -0.25) is 14.5 Å². The monoisotopic (exact) mass is 418 g/mol. The maximum absolute atomic E-state index is 12.9. The summed E-state index contributed by atoms with van der Waals surface area (Å²) >= 11 is 0. The Morgan fingerprint density at radius 3 is 2.80 bits per heavy atom. The van der Waals surface area contributed by atoms with Crippen molar-refractivity contribution in [3.05, 3.63) is 35.9 Å². The fourth-order valence-corrected chi connectivity index (χ4v) is 4.02. The van der Waals surface area contributed by atoms with Crippen LogP contribution in [0, 0.1) is 5.41 Å². The molecule has 10 heteroatoms. The van der Waals surface area contributed by atoms with Crippen molar-refractivity contribution in [1.29, 1.82) is 0 Å². The summed E-state index contributed by atoms with van der Waals surface area (Å²) in [6.07, 6.45) is 0.674. The molecule has 0 unspecified atom stereocenters. The Morgan fingerprint density at radius 2 is 2.13 bits per heavy atom. The van der Waals surface area contributed by atoms with Crippen molar-refractivity contribution in [2.24, 2.45) is 5.41 Å². The van der Waals surface area contributed by atoms with E-state index in [-0.39, 0.29) is 29.6 Å². The van der Waals surface area contributed by atoms with Gasteiger partial charge in [0, 0.05) is 24.8 Å². The molecule has 0 saturated carbocycles. The second kappa shape index (κ2) is 7.33. The standard InChI is InChI=1S/C20H24F2N6O2/c1-12-9-28-16(15(8-24-28)27-11-20(2,3)7-17(27)29)10-26(12)19(30)25-13-4-5-23-14(6-13)18(21)22/h4-6,8,12,18H,7,9-11H2,1-3H3,(H,23,25,30)/t12-/m0/s1. The summed E-state index contributed by atoms with van der Waals surface area (Å²) in [6.45, 7) is 7.33. The van der Waals surface area contributed by atoms with Crippen molar-refractivity contribution in [2.45, 2.75) is 52.7 Å². The number of rotatable bonds is 3. The van der Waals surface area contributed by atoms with E-state index in [1.54, 1.807) is 16.0 Å². The van der Waals surface area contributed by atoms with Crippen LogP contribution >= 0.6 is 0 Å². The minimum Gasteiger partial charge on any atom is -0.314 e. The van der Waals surface area contributed by atoms with E-state index in [0.29, 0.717) is 19.5 Å². The lowest BCUT2D eigenvalue weighted by atomic mass is 9.93. The van der Waals surface area contributed by atoms with E-state index in [2.05, 4.69) is 15.4 Å². The highest BCUT2D eigenvalue weighted by atomic mass is 19.3. The highest BCUT2D eigenvalue weighted by Crippen LogP contribution is 2.36. The van der Waals surface area contributed by atoms with Crippen LogP contribution in [-0.2, 0) is 17.9 Å². The van der Waals surface area contributed by atoms with Crippen LogP contribution in [0.4, 0.5) is 25.0 Å². The maximum atomic E-state index is 12.9. The van der Waals surface area contributed by atoms with Crippen LogP contribution in [0.3, 0.4) is 0 Å². The minimum atomic E-state index is -2.71. The topological polar surface area (TPSA) is 83.4 Å². The Kier molecular flexibility index (Phi) is 4.95. The predicted molar refractivity (Wildman–Crippen MR) is 106 cm³/mol. The highest BCUT2D eigenvalue weighted by Gasteiger charge is 2.39. The number of hydrogen-bond acceptors (Lipinski definition) is 4. The zero-order chi connectivity index (χ0) is 21.6. The van der Waals surface area contributed by atoms with Crippen LogP contribution < -0.4 is 10.2 Å². The van der Waals surface area contributed by atoms with E-state index in [0.717, 1.165) is 17.4 Å². The van der Waals surface area contributed by atoms with E-state index in [1.165, 1.54) is 12.3 Å². The lowest BCUT2D eigenvalue weighted by Gasteiger charge is -2.35. The average Bonchev–Trinajstić information content (AvgIpc) is 3.19. The van der Waals surface area contributed by atoms with E-state index in [4.69, 9.17) is 0 Å². The number of fused-ring (bicyclic) bond motifs is 1. The molecule has 2 aromatic heterocycles. The number of aromatic nitrogens is 3. The molecule has 0 bridgehead atoms. The van der Waals surface area contributed by atoms with Gasteiger partial charge in [0.05, 0.1) is 36.7 Å². The van der Waals surface area contributed by atoms with Gasteiger partial charge in [0.15, 0.2) is 0 Å². The smallest absolute Gasteiger partial charge is 0.314 e. The fraction of sp³-hybridized carbons (Fsp3) is 0.500. The molecule has 2 aliphatic heterocycles. The maximum Gasteiger partial charge on any atom is 0.322 e. The normalized spacial score (nSPS) is 20.6. The molecule has 4 heterocycles. The Hall–Kier alpha value is -3.04. The second-order valence-electron chi connectivity index (χ2n) is 8.66. The van der Waals surface area contributed by atoms with Gasteiger partial charge in [-0.05, 0) is 24.5 Å². The number of nitrogens with one attached hydrogen (secondary N) is 1. The fourth-order valence-electron chi connectivity index (χ4n) is 4.02. The van der Waals surface area contributed by atoms with Crippen LogP contribution in [0.5, 0.6) is 0 Å². The highest BCUT2D eigenvalue weighted by molar-refractivity contribution is 5.97. The summed E-state index contributed by atoms with van der Waals surface area (Å²) in [7, 11) is 0. The van der Waals surface area contributed by atoms with Crippen molar-refractivity contribution < 1.29 is 18.4 Å². The van der Waals surface area contributed by atoms with E-state index < -0.39 is 18.2 Å². The summed E-state index contributed by atoms with van der Waals surface area (Å²) in [5, 5.41) is 7.09. The molecule has 30 heavy (non-hydrogen) atoms. The van der Waals surface area contributed by atoms with Crippen molar-refractivity contribution in [3.63, 3.8) is 0 Å². The lowest BCUT2D eigenvalue weighted by molar-refractivity contribution is -0.117. The largest absolute Gasteiger partial charge is 0.322 e. The number of carbonyl (C=O) groups is 2. The summed E-state index contributed by atoms with van der Waals surface area (Å²) in [5.74, 6) is 0.0433. The van der Waals surface area contributed by atoms with E-state index in [9.17, 15) is 18.4 Å². The molecule has 1 saturated heterocycles. The molecule has 1 N–H and O–H groups in total. The predicted octanol–water partition coefficient (Wildman–Crippen LogP) is 3.41. The molecule has 0 radical (unpaired) electrons. The number of urea groups is 1. The first kappa shape index (κ1) is 20.2. The van der Waals surface area contributed by atoms with Gasteiger partial charge in [0.2, 0.25) is 5.91 Å². The number of halogens is 2. The van der Waals surface area contributed by atoms with Crippen molar-refractivity contribution in [3.8, 4) is 0 Å². The Labute approximate surface area is 172 Å². The van der Waals surface area contributed by atoms with Gasteiger partial charge in [-0.1, -0.05) is 13.8 Å². The summed E-state index contributed by atoms with van der Waals surface area (Å²) in [4.78, 5) is 32.4. The molecule has 2 aliphatic rings. The van der Waals surface area contributed by atoms with Crippen molar-refractivity contribution in [1.82, 2.24) is 19.7 Å². The zero-order valence-corrected chi connectivity index (χ0v) is 17.1. The molecule has 4 rings (SSSR count). The molecule has 1 fully saturated rings. The first-order valence-corrected chi connectivity index (χ1v) is 9.81. The molecule has 2 aromatic rings. The molecular weight excluding hydrogens is 394 g/mol. The first-order valence-electron chi connectivity index (χ1n) is 9.81. The zero-order valence-electron chi connectivity index (χ0n) is 17.1. The number of carbonyl (C=O) groups excluding carboxylic acids is 2. The molecule has 0 aromatic carbocycles. The number of nitrogens with zero attached hydrogens (tertiary/aromatic N) is 5. The number of hydrogen-bond donors (Lipinski definition) is 1. The average molecular weight is 418 g/mol. The van der Waals surface area contributed by atoms with Gasteiger partial charge in [-0.25, -0.2) is 13.6 Å². The SMILES string of the molecule is C[C@H]1Cn2ncc(N3CC(C)(C)CC3=O)c2CN1C(=O)Nc1ccnc(C(F)F)c1. The summed E-state index contributed by atoms with van der Waals surface area (Å²) in [5.41, 5.74) is 1.26. The van der Waals surface area contributed by atoms with Crippen LogP contribution in [0.25, 0.3) is 0 Å². The van der Waals surface area contributed by atoms with Crippen LogP contribution in [0.2, 0.25) is 0 Å². The molecule has 160 valence electrons. The van der Waals surface area contributed by atoms with Gasteiger partial charge in [-0.2, -0.15) is 5.10 Å². The molecule has 0 spiro atoms. The number of amides is 3. The number of pyridine rings is 1. The Morgan fingerprint density at radius 1 is 1.37 bits per heavy atom. The van der Waals surface area contributed by atoms with Crippen molar-refractivity contribution >= 4 is 23.3 Å². The van der Waals surface area contributed by atoms with Crippen LogP contribution in [0.15, 0.2) is 24.5 Å². The van der Waals surface area contributed by atoms with Crippen LogP contribution in [-0.4, -0.2) is 44.2 Å². The van der Waals surface area contributed by atoms with Gasteiger partial charge < -0.3 is 15.1 Å².